The number of para-hydroxylation sites is 1. The summed E-state index contributed by atoms with van der Waals surface area (Å²) in [5.74, 6) is 1.65. The quantitative estimate of drug-likeness (QED) is 0.771. The van der Waals surface area contributed by atoms with E-state index < -0.39 is 0 Å². The van der Waals surface area contributed by atoms with Gasteiger partial charge in [-0.25, -0.2) is 0 Å². The molecule has 0 saturated carbocycles. The third-order valence-corrected chi connectivity index (χ3v) is 4.20. The number of nitrogens with two attached hydrogens (primary N) is 1. The van der Waals surface area contributed by atoms with Gasteiger partial charge in [-0.15, -0.1) is 12.4 Å². The van der Waals surface area contributed by atoms with E-state index in [9.17, 15) is 4.79 Å². The van der Waals surface area contributed by atoms with Crippen molar-refractivity contribution in [2.75, 3.05) is 40.4 Å². The highest BCUT2D eigenvalue weighted by atomic mass is 35.5. The fourth-order valence-corrected chi connectivity index (χ4v) is 3.07. The molecule has 0 aliphatic carbocycles. The molecule has 2 rings (SSSR count). The monoisotopic (exact) mass is 357 g/mol. The summed E-state index contributed by atoms with van der Waals surface area (Å²) in [5.41, 5.74) is 6.52. The van der Waals surface area contributed by atoms with Crippen LogP contribution in [-0.2, 0) is 11.3 Å². The number of ether oxygens (including phenoxy) is 2. The number of carbonyl (C=O) groups is 1. The van der Waals surface area contributed by atoms with Gasteiger partial charge in [0.2, 0.25) is 5.91 Å². The number of rotatable bonds is 7. The number of methoxy groups -OCH3 is 2. The van der Waals surface area contributed by atoms with E-state index >= 15 is 0 Å². The predicted octanol–water partition coefficient (Wildman–Crippen LogP) is 1.41. The molecule has 3 N–H and O–H groups in total. The van der Waals surface area contributed by atoms with Crippen LogP contribution in [0.5, 0.6) is 11.5 Å². The number of nitrogens with zero attached hydrogens (tertiary/aromatic N) is 1. The molecule has 1 unspecified atom stereocenters. The summed E-state index contributed by atoms with van der Waals surface area (Å²) in [5, 5.41) is 2.89. The van der Waals surface area contributed by atoms with Gasteiger partial charge in [-0.2, -0.15) is 0 Å². The molecule has 1 aromatic rings. The fourth-order valence-electron chi connectivity index (χ4n) is 3.07. The van der Waals surface area contributed by atoms with Gasteiger partial charge in [0.1, 0.15) is 0 Å². The van der Waals surface area contributed by atoms with Crippen LogP contribution in [0.4, 0.5) is 0 Å². The SMILES string of the molecule is COc1cccc(CN2CCCC(C(=O)NCCN)C2)c1OC.Cl. The highest BCUT2D eigenvalue weighted by Gasteiger charge is 2.26. The fraction of sp³-hybridized carbons (Fsp3) is 0.588. The van der Waals surface area contributed by atoms with Crippen molar-refractivity contribution in [3.8, 4) is 11.5 Å². The van der Waals surface area contributed by atoms with Gasteiger partial charge in [0, 0.05) is 31.7 Å². The van der Waals surface area contributed by atoms with E-state index in [1.807, 2.05) is 18.2 Å². The topological polar surface area (TPSA) is 76.8 Å². The zero-order valence-electron chi connectivity index (χ0n) is 14.4. The van der Waals surface area contributed by atoms with Crippen LogP contribution in [0.15, 0.2) is 18.2 Å². The highest BCUT2D eigenvalue weighted by molar-refractivity contribution is 5.85. The molecular formula is C17H28ClN3O3. The van der Waals surface area contributed by atoms with Gasteiger partial charge in [0.15, 0.2) is 11.5 Å². The number of amides is 1. The lowest BCUT2D eigenvalue weighted by molar-refractivity contribution is -0.126. The van der Waals surface area contributed by atoms with Crippen molar-refractivity contribution in [3.63, 3.8) is 0 Å². The molecule has 1 aromatic carbocycles. The van der Waals surface area contributed by atoms with Crippen LogP contribution in [0.3, 0.4) is 0 Å². The van der Waals surface area contributed by atoms with E-state index in [-0.39, 0.29) is 24.2 Å². The van der Waals surface area contributed by atoms with Crippen LogP contribution in [0.2, 0.25) is 0 Å². The Morgan fingerprint density at radius 2 is 2.17 bits per heavy atom. The first-order valence-electron chi connectivity index (χ1n) is 8.09. The van der Waals surface area contributed by atoms with E-state index in [1.165, 1.54) is 0 Å². The molecule has 0 aromatic heterocycles. The molecule has 0 spiro atoms. The van der Waals surface area contributed by atoms with Crippen LogP contribution in [0, 0.1) is 5.92 Å². The van der Waals surface area contributed by atoms with Gasteiger partial charge in [-0.05, 0) is 25.5 Å². The van der Waals surface area contributed by atoms with Crippen molar-refractivity contribution in [2.45, 2.75) is 19.4 Å². The minimum Gasteiger partial charge on any atom is -0.493 e. The Morgan fingerprint density at radius 1 is 1.38 bits per heavy atom. The minimum atomic E-state index is 0. The number of likely N-dealkylation sites (tertiary alicyclic amines) is 1. The van der Waals surface area contributed by atoms with Crippen molar-refractivity contribution in [2.24, 2.45) is 11.7 Å². The summed E-state index contributed by atoms with van der Waals surface area (Å²) in [7, 11) is 3.29. The molecule has 0 bridgehead atoms. The molecule has 0 radical (unpaired) electrons. The first-order valence-corrected chi connectivity index (χ1v) is 8.09. The number of halogens is 1. The Morgan fingerprint density at radius 3 is 2.83 bits per heavy atom. The third-order valence-electron chi connectivity index (χ3n) is 4.20. The molecular weight excluding hydrogens is 330 g/mol. The molecule has 1 heterocycles. The Labute approximate surface area is 150 Å². The Bertz CT molecular complexity index is 528. The minimum absolute atomic E-state index is 0. The van der Waals surface area contributed by atoms with Crippen LogP contribution in [0.25, 0.3) is 0 Å². The number of carbonyl (C=O) groups excluding carboxylic acids is 1. The molecule has 7 heteroatoms. The lowest BCUT2D eigenvalue weighted by Gasteiger charge is -2.32. The first-order chi connectivity index (χ1) is 11.2. The van der Waals surface area contributed by atoms with E-state index in [1.54, 1.807) is 14.2 Å². The van der Waals surface area contributed by atoms with Crippen molar-refractivity contribution >= 4 is 18.3 Å². The van der Waals surface area contributed by atoms with E-state index in [2.05, 4.69) is 10.2 Å². The zero-order chi connectivity index (χ0) is 16.7. The zero-order valence-corrected chi connectivity index (χ0v) is 15.2. The van der Waals surface area contributed by atoms with Gasteiger partial charge in [-0.3, -0.25) is 9.69 Å². The second-order valence-corrected chi connectivity index (χ2v) is 5.81. The maximum absolute atomic E-state index is 12.1. The summed E-state index contributed by atoms with van der Waals surface area (Å²) >= 11 is 0. The van der Waals surface area contributed by atoms with Crippen LogP contribution >= 0.6 is 12.4 Å². The van der Waals surface area contributed by atoms with Crippen LogP contribution < -0.4 is 20.5 Å². The number of piperidine rings is 1. The van der Waals surface area contributed by atoms with E-state index in [4.69, 9.17) is 15.2 Å². The van der Waals surface area contributed by atoms with Crippen molar-refractivity contribution in [1.29, 1.82) is 0 Å². The smallest absolute Gasteiger partial charge is 0.224 e. The second kappa shape index (κ2) is 10.4. The van der Waals surface area contributed by atoms with Gasteiger partial charge < -0.3 is 20.5 Å². The molecule has 1 aliphatic rings. The molecule has 1 amide bonds. The predicted molar refractivity (Wildman–Crippen MR) is 96.9 cm³/mol. The number of nitrogens with one attached hydrogen (secondary N) is 1. The van der Waals surface area contributed by atoms with Crippen molar-refractivity contribution < 1.29 is 14.3 Å². The lowest BCUT2D eigenvalue weighted by Crippen LogP contribution is -2.43. The number of hydrogen-bond donors (Lipinski definition) is 2. The molecule has 24 heavy (non-hydrogen) atoms. The van der Waals surface area contributed by atoms with Gasteiger partial charge >= 0.3 is 0 Å². The maximum atomic E-state index is 12.1. The second-order valence-electron chi connectivity index (χ2n) is 5.81. The van der Waals surface area contributed by atoms with Gasteiger partial charge in [-0.1, -0.05) is 12.1 Å². The van der Waals surface area contributed by atoms with Crippen molar-refractivity contribution in [1.82, 2.24) is 10.2 Å². The highest BCUT2D eigenvalue weighted by Crippen LogP contribution is 2.32. The molecule has 136 valence electrons. The summed E-state index contributed by atoms with van der Waals surface area (Å²) in [4.78, 5) is 14.4. The lowest BCUT2D eigenvalue weighted by atomic mass is 9.96. The standard InChI is InChI=1S/C17H27N3O3.ClH/c1-22-15-7-3-5-13(16(15)23-2)11-20-10-4-6-14(12-20)17(21)19-9-8-18;/h3,5,7,14H,4,6,8-12,18H2,1-2H3,(H,19,21);1H. The van der Waals surface area contributed by atoms with Crippen LogP contribution in [0.1, 0.15) is 18.4 Å². The summed E-state index contributed by atoms with van der Waals surface area (Å²) in [6, 6.07) is 5.90. The summed E-state index contributed by atoms with van der Waals surface area (Å²) in [6.45, 7) is 3.51. The Kier molecular flexibility index (Phi) is 8.89. The summed E-state index contributed by atoms with van der Waals surface area (Å²) < 4.78 is 10.8. The first kappa shape index (κ1) is 20.5. The Balaban J connectivity index is 0.00000288. The van der Waals surface area contributed by atoms with Crippen LogP contribution in [-0.4, -0.2) is 51.2 Å². The molecule has 1 saturated heterocycles. The van der Waals surface area contributed by atoms with E-state index in [0.29, 0.717) is 13.1 Å². The van der Waals surface area contributed by atoms with Crippen molar-refractivity contribution in [3.05, 3.63) is 23.8 Å². The number of benzene rings is 1. The molecule has 1 fully saturated rings. The summed E-state index contributed by atoms with van der Waals surface area (Å²) in [6.07, 6.45) is 1.95. The average Bonchev–Trinajstić information content (AvgIpc) is 2.59. The van der Waals surface area contributed by atoms with E-state index in [0.717, 1.165) is 49.5 Å². The largest absolute Gasteiger partial charge is 0.493 e. The number of hydrogen-bond acceptors (Lipinski definition) is 5. The molecule has 6 nitrogen and oxygen atoms in total. The normalized spacial score (nSPS) is 17.7. The average molecular weight is 358 g/mol. The third kappa shape index (κ3) is 5.26. The van der Waals surface area contributed by atoms with Gasteiger partial charge in [0.25, 0.3) is 0 Å². The molecule has 1 aliphatic heterocycles. The Hall–Kier alpha value is -1.50. The van der Waals surface area contributed by atoms with Gasteiger partial charge in [0.05, 0.1) is 20.1 Å². The molecule has 1 atom stereocenters. The maximum Gasteiger partial charge on any atom is 0.224 e.